The molecule has 0 aliphatic carbocycles. The van der Waals surface area contributed by atoms with Gasteiger partial charge >= 0.3 is 0 Å². The number of hydrogen-bond acceptors (Lipinski definition) is 10. The summed E-state index contributed by atoms with van der Waals surface area (Å²) in [5, 5.41) is 7.63. The molecule has 1 N–H and O–H groups in total. The molecule has 0 saturated carbocycles. The van der Waals surface area contributed by atoms with E-state index >= 15 is 0 Å². The number of carbonyl (C=O) groups is 1. The molecule has 200 valence electrons. The molecular formula is C29H27N9O2. The van der Waals surface area contributed by atoms with Crippen LogP contribution in [0, 0.1) is 6.92 Å². The van der Waals surface area contributed by atoms with Crippen molar-refractivity contribution in [3.05, 3.63) is 84.2 Å². The molecule has 1 saturated heterocycles. The monoisotopic (exact) mass is 533 g/mol. The van der Waals surface area contributed by atoms with Gasteiger partial charge in [0, 0.05) is 43.8 Å². The normalized spacial score (nSPS) is 16.7. The second-order valence-electron chi connectivity index (χ2n) is 10.1. The number of piperazine rings is 1. The van der Waals surface area contributed by atoms with Crippen molar-refractivity contribution < 1.29 is 9.53 Å². The Balaban J connectivity index is 1.15. The van der Waals surface area contributed by atoms with Gasteiger partial charge in [-0.15, -0.1) is 0 Å². The average molecular weight is 534 g/mol. The van der Waals surface area contributed by atoms with Crippen LogP contribution in [-0.4, -0.2) is 73.0 Å². The van der Waals surface area contributed by atoms with Gasteiger partial charge in [0.1, 0.15) is 31.1 Å². The Morgan fingerprint density at radius 3 is 2.95 bits per heavy atom. The van der Waals surface area contributed by atoms with Gasteiger partial charge in [0.2, 0.25) is 0 Å². The van der Waals surface area contributed by atoms with Crippen LogP contribution in [0.4, 0.5) is 17.3 Å². The summed E-state index contributed by atoms with van der Waals surface area (Å²) in [5.74, 6) is 2.15. The number of nitrogens with one attached hydrogen (secondary N) is 1. The van der Waals surface area contributed by atoms with E-state index < -0.39 is 0 Å². The molecular weight excluding hydrogens is 506 g/mol. The number of rotatable bonds is 6. The summed E-state index contributed by atoms with van der Waals surface area (Å²) in [6.07, 6.45) is 10.0. The Morgan fingerprint density at radius 2 is 2.05 bits per heavy atom. The van der Waals surface area contributed by atoms with Gasteiger partial charge in [-0.2, -0.15) is 5.10 Å². The highest BCUT2D eigenvalue weighted by Gasteiger charge is 2.32. The van der Waals surface area contributed by atoms with Crippen LogP contribution in [0.15, 0.2) is 67.5 Å². The highest BCUT2D eigenvalue weighted by Crippen LogP contribution is 2.36. The third kappa shape index (κ3) is 4.45. The zero-order chi connectivity index (χ0) is 27.1. The topological polar surface area (TPSA) is 114 Å². The fourth-order valence-electron chi connectivity index (χ4n) is 5.42. The summed E-state index contributed by atoms with van der Waals surface area (Å²) >= 11 is 0. The van der Waals surface area contributed by atoms with Gasteiger partial charge in [-0.1, -0.05) is 6.07 Å². The van der Waals surface area contributed by atoms with E-state index in [1.165, 1.54) is 22.8 Å². The van der Waals surface area contributed by atoms with Crippen LogP contribution in [0.25, 0.3) is 16.7 Å². The predicted octanol–water partition coefficient (Wildman–Crippen LogP) is 3.31. The molecule has 2 bridgehead atoms. The van der Waals surface area contributed by atoms with E-state index in [-0.39, 0.29) is 6.04 Å². The highest BCUT2D eigenvalue weighted by atomic mass is 16.5. The number of hydrogen-bond donors (Lipinski definition) is 1. The van der Waals surface area contributed by atoms with Crippen molar-refractivity contribution in [2.75, 3.05) is 36.5 Å². The Hall–Kier alpha value is -5.06. The molecule has 4 aromatic heterocycles. The minimum atomic E-state index is 0.130. The number of allylic oxidation sites excluding steroid dienone is 1. The lowest BCUT2D eigenvalue weighted by Crippen LogP contribution is -2.52. The van der Waals surface area contributed by atoms with Crippen LogP contribution in [0.3, 0.4) is 0 Å². The number of nitrogens with zero attached hydrogens (tertiary/aromatic N) is 8. The molecule has 40 heavy (non-hydrogen) atoms. The SMILES string of the molecule is Cc1cc(Nc2ncnc3cc4c(nc23)N2CCN(C=CC=O)[C@@H](CO4)C2)ccc1Cc1ccn2ncnc2c1. The van der Waals surface area contributed by atoms with Crippen LogP contribution in [0.2, 0.25) is 0 Å². The van der Waals surface area contributed by atoms with Crippen molar-refractivity contribution in [2.24, 2.45) is 0 Å². The first-order valence-electron chi connectivity index (χ1n) is 13.2. The first-order valence-corrected chi connectivity index (χ1v) is 13.2. The molecule has 0 spiro atoms. The molecule has 0 radical (unpaired) electrons. The van der Waals surface area contributed by atoms with Gasteiger partial charge in [-0.3, -0.25) is 4.79 Å². The molecule has 11 nitrogen and oxygen atoms in total. The summed E-state index contributed by atoms with van der Waals surface area (Å²) in [4.78, 5) is 33.5. The average Bonchev–Trinajstić information content (AvgIpc) is 3.39. The van der Waals surface area contributed by atoms with Gasteiger partial charge < -0.3 is 19.9 Å². The lowest BCUT2D eigenvalue weighted by molar-refractivity contribution is -0.104. The number of benzene rings is 1. The number of aryl methyl sites for hydroxylation is 1. The van der Waals surface area contributed by atoms with Gasteiger partial charge in [0.05, 0.1) is 11.6 Å². The molecule has 5 aromatic rings. The Labute approximate surface area is 230 Å². The minimum Gasteiger partial charge on any atom is -0.487 e. The van der Waals surface area contributed by atoms with Crippen molar-refractivity contribution >= 4 is 40.3 Å². The molecule has 2 aliphatic heterocycles. The smallest absolute Gasteiger partial charge is 0.172 e. The standard InChI is InChI=1S/C29H27N9O2/c1-19-11-22(4-3-21(19)12-20-5-7-38-26(13-20)31-18-33-38)34-28-27-24(30-17-32-28)14-25-29(35-27)37-9-8-36(6-2-10-39)23(15-37)16-40-25/h2-7,10-11,13-14,17-18,23H,8-9,12,15-16H2,1H3,(H,30,32,34)/t23-/m1/s1. The Bertz CT molecular complexity index is 1770. The zero-order valence-corrected chi connectivity index (χ0v) is 21.9. The van der Waals surface area contributed by atoms with Crippen LogP contribution in [0.5, 0.6) is 5.75 Å². The van der Waals surface area contributed by atoms with Crippen molar-refractivity contribution in [3.8, 4) is 5.75 Å². The second-order valence-corrected chi connectivity index (χ2v) is 10.1. The molecule has 11 heteroatoms. The van der Waals surface area contributed by atoms with Crippen LogP contribution in [-0.2, 0) is 11.2 Å². The number of carbonyl (C=O) groups excluding carboxylic acids is 1. The van der Waals surface area contributed by atoms with Crippen LogP contribution >= 0.6 is 0 Å². The molecule has 7 rings (SSSR count). The fourth-order valence-corrected chi connectivity index (χ4v) is 5.42. The van der Waals surface area contributed by atoms with Gasteiger partial charge in [-0.25, -0.2) is 24.5 Å². The van der Waals surface area contributed by atoms with Gasteiger partial charge in [-0.05, 0) is 60.4 Å². The van der Waals surface area contributed by atoms with Crippen molar-refractivity contribution in [3.63, 3.8) is 0 Å². The molecule has 1 atom stereocenters. The minimum absolute atomic E-state index is 0.130. The summed E-state index contributed by atoms with van der Waals surface area (Å²) in [6, 6.07) is 12.5. The van der Waals surface area contributed by atoms with E-state index in [1.807, 2.05) is 18.5 Å². The molecule has 0 unspecified atom stereocenters. The van der Waals surface area contributed by atoms with Crippen molar-refractivity contribution in [2.45, 2.75) is 19.4 Å². The lowest BCUT2D eigenvalue weighted by Gasteiger charge is -2.38. The lowest BCUT2D eigenvalue weighted by atomic mass is 10.0. The Morgan fingerprint density at radius 1 is 1.10 bits per heavy atom. The predicted molar refractivity (Wildman–Crippen MR) is 151 cm³/mol. The highest BCUT2D eigenvalue weighted by molar-refractivity contribution is 5.90. The largest absolute Gasteiger partial charge is 0.487 e. The number of aldehydes is 1. The van der Waals surface area contributed by atoms with Crippen molar-refractivity contribution in [1.29, 1.82) is 0 Å². The first-order chi connectivity index (χ1) is 19.6. The maximum absolute atomic E-state index is 10.8. The van der Waals surface area contributed by atoms with Crippen LogP contribution in [0.1, 0.15) is 16.7 Å². The zero-order valence-electron chi connectivity index (χ0n) is 21.9. The summed E-state index contributed by atoms with van der Waals surface area (Å²) in [5.41, 5.74) is 6.76. The molecule has 1 fully saturated rings. The number of ether oxygens (including phenoxy) is 1. The summed E-state index contributed by atoms with van der Waals surface area (Å²) < 4.78 is 7.94. The Kier molecular flexibility index (Phi) is 5.95. The van der Waals surface area contributed by atoms with Gasteiger partial charge in [0.25, 0.3) is 0 Å². The number of pyridine rings is 2. The van der Waals surface area contributed by atoms with E-state index in [0.717, 1.165) is 49.5 Å². The maximum Gasteiger partial charge on any atom is 0.172 e. The second kappa shape index (κ2) is 9.92. The first kappa shape index (κ1) is 24.0. The molecule has 0 amide bonds. The maximum atomic E-state index is 10.8. The van der Waals surface area contributed by atoms with E-state index in [2.05, 4.69) is 72.4 Å². The number of fused-ring (bicyclic) bond motifs is 6. The third-order valence-corrected chi connectivity index (χ3v) is 7.52. The number of anilines is 3. The molecule has 2 aliphatic rings. The van der Waals surface area contributed by atoms with Crippen LogP contribution < -0.4 is 15.0 Å². The van der Waals surface area contributed by atoms with E-state index in [0.29, 0.717) is 29.2 Å². The van der Waals surface area contributed by atoms with Gasteiger partial charge in [0.15, 0.2) is 23.0 Å². The fraction of sp³-hybridized carbons (Fsp3) is 0.241. The van der Waals surface area contributed by atoms with E-state index in [9.17, 15) is 4.79 Å². The van der Waals surface area contributed by atoms with E-state index in [4.69, 9.17) is 9.72 Å². The third-order valence-electron chi connectivity index (χ3n) is 7.52. The summed E-state index contributed by atoms with van der Waals surface area (Å²) in [7, 11) is 0. The van der Waals surface area contributed by atoms with Crippen molar-refractivity contribution in [1.82, 2.24) is 34.4 Å². The molecule has 1 aromatic carbocycles. The summed E-state index contributed by atoms with van der Waals surface area (Å²) in [6.45, 7) is 4.94. The number of aromatic nitrogens is 6. The van der Waals surface area contributed by atoms with E-state index in [1.54, 1.807) is 17.2 Å². The molecule has 6 heterocycles. The quantitative estimate of drug-likeness (QED) is 0.258.